The maximum atomic E-state index is 13.9. The standard InChI is InChI=1S/C28H31Cl2N3O3/c1-28(2,18-12-19(29)14-21(13-18)36-4)27(35)32(3)25-16-31-26(33-11-7-8-20(33)17-34)15-23(25)22-9-5-6-10-24(22)30/h5-6,9-10,12-16,20,34H,7-8,11,17H2,1-4H3/t20-/m0/s1. The zero-order valence-electron chi connectivity index (χ0n) is 21.0. The number of hydrogen-bond donors (Lipinski definition) is 1. The lowest BCUT2D eigenvalue weighted by Gasteiger charge is -2.32. The van der Waals surface area contributed by atoms with E-state index in [0.29, 0.717) is 21.5 Å². The lowest BCUT2D eigenvalue weighted by atomic mass is 9.83. The number of carbonyl (C=O) groups excluding carboxylic acids is 1. The number of likely N-dealkylation sites (N-methyl/N-ethyl adjacent to an activating group) is 1. The molecule has 2 aromatic carbocycles. The molecule has 3 aromatic rings. The van der Waals surface area contributed by atoms with Gasteiger partial charge in [-0.1, -0.05) is 41.4 Å². The fourth-order valence-electron chi connectivity index (χ4n) is 4.78. The minimum atomic E-state index is -0.902. The van der Waals surface area contributed by atoms with Crippen LogP contribution in [0.3, 0.4) is 0 Å². The van der Waals surface area contributed by atoms with E-state index in [1.165, 1.54) is 0 Å². The number of halogens is 2. The molecule has 6 nitrogen and oxygen atoms in total. The van der Waals surface area contributed by atoms with Gasteiger partial charge in [-0.2, -0.15) is 0 Å². The Morgan fingerprint density at radius 1 is 1.19 bits per heavy atom. The van der Waals surface area contributed by atoms with Gasteiger partial charge in [0.25, 0.3) is 0 Å². The van der Waals surface area contributed by atoms with E-state index in [-0.39, 0.29) is 18.6 Å². The molecule has 190 valence electrons. The average Bonchev–Trinajstić information content (AvgIpc) is 3.36. The van der Waals surface area contributed by atoms with Crippen molar-refractivity contribution in [1.29, 1.82) is 0 Å². The van der Waals surface area contributed by atoms with Crippen LogP contribution in [0.25, 0.3) is 11.1 Å². The predicted octanol–water partition coefficient (Wildman–Crippen LogP) is 5.97. The van der Waals surface area contributed by atoms with E-state index in [1.807, 2.05) is 50.2 Å². The first-order valence-electron chi connectivity index (χ1n) is 11.9. The summed E-state index contributed by atoms with van der Waals surface area (Å²) in [7, 11) is 3.32. The number of amides is 1. The topological polar surface area (TPSA) is 65.9 Å². The number of anilines is 2. The van der Waals surface area contributed by atoms with Crippen LogP contribution in [-0.4, -0.2) is 49.3 Å². The molecule has 1 saturated heterocycles. The second kappa shape index (κ2) is 10.7. The Morgan fingerprint density at radius 3 is 2.64 bits per heavy atom. The summed E-state index contributed by atoms with van der Waals surface area (Å²) in [5, 5.41) is 10.9. The first kappa shape index (κ1) is 26.3. The quantitative estimate of drug-likeness (QED) is 0.410. The van der Waals surface area contributed by atoms with E-state index in [4.69, 9.17) is 32.9 Å². The third kappa shape index (κ3) is 5.03. The van der Waals surface area contributed by atoms with Gasteiger partial charge in [0, 0.05) is 34.8 Å². The molecule has 1 aromatic heterocycles. The molecule has 1 aliphatic heterocycles. The average molecular weight is 528 g/mol. The molecular weight excluding hydrogens is 497 g/mol. The van der Waals surface area contributed by atoms with Gasteiger partial charge in [0.1, 0.15) is 11.6 Å². The van der Waals surface area contributed by atoms with Crippen LogP contribution in [-0.2, 0) is 10.2 Å². The molecule has 36 heavy (non-hydrogen) atoms. The highest BCUT2D eigenvalue weighted by Gasteiger charge is 2.35. The number of benzene rings is 2. The number of methoxy groups -OCH3 is 1. The zero-order chi connectivity index (χ0) is 26.0. The fraction of sp³-hybridized carbons (Fsp3) is 0.357. The summed E-state index contributed by atoms with van der Waals surface area (Å²) in [6.07, 6.45) is 3.62. The Labute approximate surface area is 222 Å². The van der Waals surface area contributed by atoms with Crippen LogP contribution in [0.5, 0.6) is 5.75 Å². The number of pyridine rings is 1. The van der Waals surface area contributed by atoms with Crippen molar-refractivity contribution in [3.05, 3.63) is 70.3 Å². The minimum absolute atomic E-state index is 0.0264. The van der Waals surface area contributed by atoms with E-state index >= 15 is 0 Å². The van der Waals surface area contributed by atoms with Crippen molar-refractivity contribution in [3.8, 4) is 16.9 Å². The summed E-state index contributed by atoms with van der Waals surface area (Å²) in [4.78, 5) is 22.4. The molecule has 2 heterocycles. The molecule has 0 bridgehead atoms. The summed E-state index contributed by atoms with van der Waals surface area (Å²) < 4.78 is 5.37. The van der Waals surface area contributed by atoms with Crippen molar-refractivity contribution in [2.75, 3.05) is 37.1 Å². The molecule has 0 unspecified atom stereocenters. The molecule has 0 spiro atoms. The summed E-state index contributed by atoms with van der Waals surface area (Å²) in [5.74, 6) is 1.21. The summed E-state index contributed by atoms with van der Waals surface area (Å²) >= 11 is 12.9. The largest absolute Gasteiger partial charge is 0.497 e. The zero-order valence-corrected chi connectivity index (χ0v) is 22.5. The molecule has 1 fully saturated rings. The van der Waals surface area contributed by atoms with Crippen LogP contribution >= 0.6 is 23.2 Å². The van der Waals surface area contributed by atoms with Crippen molar-refractivity contribution >= 4 is 40.6 Å². The van der Waals surface area contributed by atoms with Gasteiger partial charge in [-0.15, -0.1) is 0 Å². The fourth-order valence-corrected chi connectivity index (χ4v) is 5.24. The Bertz CT molecular complexity index is 1260. The van der Waals surface area contributed by atoms with Crippen molar-refractivity contribution in [2.45, 2.75) is 38.1 Å². The van der Waals surface area contributed by atoms with E-state index in [0.717, 1.165) is 41.9 Å². The Balaban J connectivity index is 1.78. The number of ether oxygens (including phenoxy) is 1. The lowest BCUT2D eigenvalue weighted by molar-refractivity contribution is -0.122. The number of rotatable bonds is 7. The number of nitrogens with zero attached hydrogens (tertiary/aromatic N) is 3. The first-order valence-corrected chi connectivity index (χ1v) is 12.7. The van der Waals surface area contributed by atoms with E-state index in [1.54, 1.807) is 37.4 Å². The highest BCUT2D eigenvalue weighted by Crippen LogP contribution is 2.40. The highest BCUT2D eigenvalue weighted by molar-refractivity contribution is 6.33. The normalized spacial score (nSPS) is 15.8. The predicted molar refractivity (Wildman–Crippen MR) is 147 cm³/mol. The molecule has 8 heteroatoms. The summed E-state index contributed by atoms with van der Waals surface area (Å²) in [5.41, 5.74) is 2.08. The van der Waals surface area contributed by atoms with Crippen molar-refractivity contribution < 1.29 is 14.6 Å². The minimum Gasteiger partial charge on any atom is -0.497 e. The van der Waals surface area contributed by atoms with E-state index < -0.39 is 5.41 Å². The molecule has 1 N–H and O–H groups in total. The maximum Gasteiger partial charge on any atom is 0.236 e. The number of aliphatic hydroxyl groups excluding tert-OH is 1. The van der Waals surface area contributed by atoms with Gasteiger partial charge in [-0.3, -0.25) is 4.79 Å². The van der Waals surface area contributed by atoms with Crippen molar-refractivity contribution in [3.63, 3.8) is 0 Å². The Hall–Kier alpha value is -2.80. The van der Waals surface area contributed by atoms with Crippen LogP contribution < -0.4 is 14.5 Å². The molecule has 0 radical (unpaired) electrons. The molecule has 1 aliphatic rings. The monoisotopic (exact) mass is 527 g/mol. The van der Waals surface area contributed by atoms with Crippen LogP contribution in [0.2, 0.25) is 10.0 Å². The number of aliphatic hydroxyl groups is 1. The molecule has 0 aliphatic carbocycles. The smallest absolute Gasteiger partial charge is 0.236 e. The first-order chi connectivity index (χ1) is 17.2. The summed E-state index contributed by atoms with van der Waals surface area (Å²) in [6.45, 7) is 4.62. The van der Waals surface area contributed by atoms with Gasteiger partial charge in [0.15, 0.2) is 0 Å². The second-order valence-corrected chi connectivity index (χ2v) is 10.4. The SMILES string of the molecule is COc1cc(Cl)cc(C(C)(C)C(=O)N(C)c2cnc(N3CCC[C@H]3CO)cc2-c2ccccc2Cl)c1. The molecule has 1 amide bonds. The van der Waals surface area contributed by atoms with Crippen molar-refractivity contribution in [2.24, 2.45) is 0 Å². The van der Waals surface area contributed by atoms with Gasteiger partial charge in [0.05, 0.1) is 37.1 Å². The third-order valence-electron chi connectivity index (χ3n) is 6.94. The van der Waals surface area contributed by atoms with E-state index in [9.17, 15) is 9.90 Å². The molecular formula is C28H31Cl2N3O3. The van der Waals surface area contributed by atoms with Crippen LogP contribution in [0, 0.1) is 0 Å². The Kier molecular flexibility index (Phi) is 7.79. The molecule has 1 atom stereocenters. The van der Waals surface area contributed by atoms with E-state index in [2.05, 4.69) is 4.90 Å². The van der Waals surface area contributed by atoms with Crippen LogP contribution in [0.4, 0.5) is 11.5 Å². The summed E-state index contributed by atoms with van der Waals surface area (Å²) in [6, 6.07) is 14.9. The van der Waals surface area contributed by atoms with Gasteiger partial charge in [-0.05, 0) is 62.6 Å². The third-order valence-corrected chi connectivity index (χ3v) is 7.49. The number of carbonyl (C=O) groups is 1. The number of hydrogen-bond acceptors (Lipinski definition) is 5. The van der Waals surface area contributed by atoms with Gasteiger partial charge in [0.2, 0.25) is 5.91 Å². The van der Waals surface area contributed by atoms with Crippen LogP contribution in [0.15, 0.2) is 54.7 Å². The Morgan fingerprint density at radius 2 is 1.94 bits per heavy atom. The van der Waals surface area contributed by atoms with Gasteiger partial charge < -0.3 is 19.6 Å². The number of aromatic nitrogens is 1. The highest BCUT2D eigenvalue weighted by atomic mass is 35.5. The second-order valence-electron chi connectivity index (χ2n) is 9.58. The van der Waals surface area contributed by atoms with Crippen LogP contribution in [0.1, 0.15) is 32.3 Å². The van der Waals surface area contributed by atoms with Gasteiger partial charge >= 0.3 is 0 Å². The molecule has 0 saturated carbocycles. The molecule has 4 rings (SSSR count). The van der Waals surface area contributed by atoms with Crippen molar-refractivity contribution in [1.82, 2.24) is 4.98 Å². The lowest BCUT2D eigenvalue weighted by Crippen LogP contribution is -2.42. The van der Waals surface area contributed by atoms with Gasteiger partial charge in [-0.25, -0.2) is 4.98 Å². The maximum absolute atomic E-state index is 13.9.